The maximum atomic E-state index is 12.2. The highest BCUT2D eigenvalue weighted by molar-refractivity contribution is 6.17. The zero-order chi connectivity index (χ0) is 19.3. The van der Waals surface area contributed by atoms with E-state index in [0.29, 0.717) is 11.3 Å². The van der Waals surface area contributed by atoms with E-state index < -0.39 is 18.0 Å². The molecule has 1 aliphatic rings. The first kappa shape index (κ1) is 17.2. The maximum Gasteiger partial charge on any atom is 0.421 e. The number of cyclic esters (lactones) is 1. The second kappa shape index (κ2) is 6.21. The van der Waals surface area contributed by atoms with Crippen LogP contribution in [0.2, 0.25) is 0 Å². The summed E-state index contributed by atoms with van der Waals surface area (Å²) >= 11 is 0. The third-order valence-electron chi connectivity index (χ3n) is 5.10. The fraction of sp³-hybridized carbons (Fsp3) is 0.250. The largest absolute Gasteiger partial charge is 0.439 e. The second-order valence-corrected chi connectivity index (χ2v) is 6.71. The lowest BCUT2D eigenvalue weighted by atomic mass is 9.94. The lowest BCUT2D eigenvalue weighted by molar-refractivity contribution is -0.117. The number of nitrogens with two attached hydrogens (primary N) is 1. The Bertz CT molecular complexity index is 1070. The standard InChI is InChI=1S/C20H20N4O3/c1-11-6-4-8-15(24-16(25)10-27-20(24)26)17(11)18(21)14-7-5-9-23-13(3)12(2)22-19(14)23/h4-9,18H,10,21H2,1-3H3. The number of hydrogen-bond donors (Lipinski definition) is 1. The molecule has 1 unspecified atom stereocenters. The Hall–Kier alpha value is -3.19. The number of fused-ring (bicyclic) bond motifs is 1. The molecule has 27 heavy (non-hydrogen) atoms. The van der Waals surface area contributed by atoms with Gasteiger partial charge in [-0.05, 0) is 38.5 Å². The summed E-state index contributed by atoms with van der Waals surface area (Å²) in [6, 6.07) is 8.70. The Morgan fingerprint density at radius 1 is 1.15 bits per heavy atom. The van der Waals surface area contributed by atoms with Crippen molar-refractivity contribution in [1.29, 1.82) is 0 Å². The van der Waals surface area contributed by atoms with Crippen LogP contribution in [0.25, 0.3) is 5.65 Å². The Morgan fingerprint density at radius 3 is 2.63 bits per heavy atom. The molecule has 2 N–H and O–H groups in total. The highest BCUT2D eigenvalue weighted by atomic mass is 16.6. The molecule has 0 aliphatic carbocycles. The number of carbonyl (C=O) groups is 2. The van der Waals surface area contributed by atoms with Gasteiger partial charge in [0.15, 0.2) is 6.61 Å². The minimum atomic E-state index is -0.676. The minimum Gasteiger partial charge on any atom is -0.439 e. The number of imide groups is 1. The van der Waals surface area contributed by atoms with Crippen LogP contribution in [0.1, 0.15) is 34.1 Å². The highest BCUT2D eigenvalue weighted by Crippen LogP contribution is 2.35. The SMILES string of the molecule is Cc1cccc(N2C(=O)COC2=O)c1C(N)c1cccn2c(C)c(C)nc12. The van der Waals surface area contributed by atoms with Crippen LogP contribution in [0.15, 0.2) is 36.5 Å². The number of amides is 2. The molecule has 1 saturated heterocycles. The number of anilines is 1. The Morgan fingerprint density at radius 2 is 1.93 bits per heavy atom. The molecule has 0 bridgehead atoms. The van der Waals surface area contributed by atoms with Crippen LogP contribution in [0, 0.1) is 20.8 Å². The Balaban J connectivity index is 1.91. The van der Waals surface area contributed by atoms with Gasteiger partial charge in [0.05, 0.1) is 17.4 Å². The van der Waals surface area contributed by atoms with Gasteiger partial charge in [0.1, 0.15) is 5.65 Å². The summed E-state index contributed by atoms with van der Waals surface area (Å²) in [7, 11) is 0. The summed E-state index contributed by atoms with van der Waals surface area (Å²) in [5, 5.41) is 0. The molecule has 1 aliphatic heterocycles. The van der Waals surface area contributed by atoms with Crippen LogP contribution in [0.5, 0.6) is 0 Å². The number of carbonyl (C=O) groups excluding carboxylic acids is 2. The smallest absolute Gasteiger partial charge is 0.421 e. The van der Waals surface area contributed by atoms with Crippen LogP contribution >= 0.6 is 0 Å². The molecule has 0 spiro atoms. The van der Waals surface area contributed by atoms with Gasteiger partial charge in [-0.2, -0.15) is 0 Å². The average molecular weight is 364 g/mol. The Labute approximate surface area is 156 Å². The van der Waals surface area contributed by atoms with E-state index in [2.05, 4.69) is 4.98 Å². The quantitative estimate of drug-likeness (QED) is 0.772. The summed E-state index contributed by atoms with van der Waals surface area (Å²) in [4.78, 5) is 30.0. The summed E-state index contributed by atoms with van der Waals surface area (Å²) in [6.45, 7) is 5.61. The lowest BCUT2D eigenvalue weighted by Gasteiger charge is -2.23. The number of benzene rings is 1. The molecular formula is C20H20N4O3. The zero-order valence-electron chi connectivity index (χ0n) is 15.4. The van der Waals surface area contributed by atoms with Crippen molar-refractivity contribution >= 4 is 23.3 Å². The number of ether oxygens (including phenoxy) is 1. The molecule has 7 heteroatoms. The van der Waals surface area contributed by atoms with Crippen LogP contribution in [0.4, 0.5) is 10.5 Å². The van der Waals surface area contributed by atoms with Gasteiger partial charge < -0.3 is 14.9 Å². The number of imidazole rings is 1. The predicted octanol–water partition coefficient (Wildman–Crippen LogP) is 2.79. The number of aromatic nitrogens is 2. The maximum absolute atomic E-state index is 12.2. The molecule has 4 rings (SSSR count). The molecular weight excluding hydrogens is 344 g/mol. The van der Waals surface area contributed by atoms with Gasteiger partial charge in [-0.1, -0.05) is 18.2 Å². The summed E-state index contributed by atoms with van der Waals surface area (Å²) in [5.41, 5.74) is 12.3. The van der Waals surface area contributed by atoms with Crippen molar-refractivity contribution in [2.45, 2.75) is 26.8 Å². The Kier molecular flexibility index (Phi) is 3.96. The van der Waals surface area contributed by atoms with Gasteiger partial charge in [-0.3, -0.25) is 4.79 Å². The van der Waals surface area contributed by atoms with Gasteiger partial charge in [-0.15, -0.1) is 0 Å². The van der Waals surface area contributed by atoms with Crippen molar-refractivity contribution in [3.63, 3.8) is 0 Å². The normalized spacial score (nSPS) is 15.5. The monoisotopic (exact) mass is 364 g/mol. The van der Waals surface area contributed by atoms with Gasteiger partial charge in [0.25, 0.3) is 5.91 Å². The molecule has 7 nitrogen and oxygen atoms in total. The fourth-order valence-corrected chi connectivity index (χ4v) is 3.57. The summed E-state index contributed by atoms with van der Waals surface area (Å²) < 4.78 is 6.88. The van der Waals surface area contributed by atoms with E-state index in [0.717, 1.165) is 33.1 Å². The highest BCUT2D eigenvalue weighted by Gasteiger charge is 2.35. The molecule has 1 aromatic carbocycles. The van der Waals surface area contributed by atoms with Crippen molar-refractivity contribution in [3.05, 3.63) is 64.6 Å². The van der Waals surface area contributed by atoms with Crippen LogP contribution in [0.3, 0.4) is 0 Å². The summed E-state index contributed by atoms with van der Waals surface area (Å²) in [6.07, 6.45) is 1.27. The van der Waals surface area contributed by atoms with Crippen LogP contribution < -0.4 is 10.6 Å². The second-order valence-electron chi connectivity index (χ2n) is 6.71. The molecule has 2 amide bonds. The van der Waals surface area contributed by atoms with Crippen molar-refractivity contribution in [1.82, 2.24) is 9.38 Å². The van der Waals surface area contributed by atoms with E-state index in [9.17, 15) is 9.59 Å². The third kappa shape index (κ3) is 2.59. The van der Waals surface area contributed by atoms with Gasteiger partial charge in [-0.25, -0.2) is 14.7 Å². The van der Waals surface area contributed by atoms with Crippen molar-refractivity contribution in [2.75, 3.05) is 11.5 Å². The summed E-state index contributed by atoms with van der Waals surface area (Å²) in [5.74, 6) is -0.398. The fourth-order valence-electron chi connectivity index (χ4n) is 3.57. The van der Waals surface area contributed by atoms with Crippen LogP contribution in [-0.2, 0) is 9.53 Å². The number of nitrogens with zero attached hydrogens (tertiary/aromatic N) is 3. The zero-order valence-corrected chi connectivity index (χ0v) is 15.4. The van der Waals surface area contributed by atoms with Gasteiger partial charge >= 0.3 is 6.09 Å². The topological polar surface area (TPSA) is 89.9 Å². The molecule has 1 fully saturated rings. The van der Waals surface area contributed by atoms with E-state index >= 15 is 0 Å². The van der Waals surface area contributed by atoms with E-state index in [4.69, 9.17) is 10.5 Å². The first-order valence-corrected chi connectivity index (χ1v) is 8.69. The number of hydrogen-bond acceptors (Lipinski definition) is 5. The first-order chi connectivity index (χ1) is 12.9. The van der Waals surface area contributed by atoms with E-state index in [1.54, 1.807) is 12.1 Å². The van der Waals surface area contributed by atoms with Gasteiger partial charge in [0, 0.05) is 23.0 Å². The molecule has 0 radical (unpaired) electrons. The van der Waals surface area contributed by atoms with Crippen molar-refractivity contribution in [3.8, 4) is 0 Å². The molecule has 138 valence electrons. The predicted molar refractivity (Wildman–Crippen MR) is 101 cm³/mol. The third-order valence-corrected chi connectivity index (χ3v) is 5.10. The molecule has 2 aromatic heterocycles. The lowest BCUT2D eigenvalue weighted by Crippen LogP contribution is -2.31. The number of rotatable bonds is 3. The molecule has 3 aromatic rings. The average Bonchev–Trinajstić information content (AvgIpc) is 3.13. The van der Waals surface area contributed by atoms with Gasteiger partial charge in [0.2, 0.25) is 0 Å². The van der Waals surface area contributed by atoms with Crippen molar-refractivity contribution < 1.29 is 14.3 Å². The first-order valence-electron chi connectivity index (χ1n) is 8.69. The van der Waals surface area contributed by atoms with E-state index in [1.165, 1.54) is 0 Å². The molecule has 3 heterocycles. The molecule has 0 saturated carbocycles. The van der Waals surface area contributed by atoms with E-state index in [1.807, 2.05) is 49.6 Å². The van der Waals surface area contributed by atoms with Crippen LogP contribution in [-0.4, -0.2) is 28.0 Å². The number of pyridine rings is 1. The molecule has 1 atom stereocenters. The van der Waals surface area contributed by atoms with E-state index in [-0.39, 0.29) is 6.61 Å². The number of aryl methyl sites for hydroxylation is 3. The minimum absolute atomic E-state index is 0.254. The van der Waals surface area contributed by atoms with Crippen molar-refractivity contribution in [2.24, 2.45) is 5.73 Å².